The molecule has 0 spiro atoms. The maximum absolute atomic E-state index is 5.92. The molecule has 130 valence electrons. The first-order valence-corrected chi connectivity index (χ1v) is 8.44. The minimum atomic E-state index is 0. The average molecular weight is 431 g/mol. The Hall–Kier alpha value is -0.980. The number of hydrogen-bond acceptors (Lipinski definition) is 2. The number of nitrogens with zero attached hydrogens (tertiary/aromatic N) is 1. The van der Waals surface area contributed by atoms with Gasteiger partial charge in [0.25, 0.3) is 0 Å². The molecule has 0 aromatic heterocycles. The van der Waals surface area contributed by atoms with Crippen molar-refractivity contribution in [2.45, 2.75) is 39.5 Å². The zero-order valence-electron chi connectivity index (χ0n) is 14.5. The molecule has 0 unspecified atom stereocenters. The monoisotopic (exact) mass is 431 g/mol. The Morgan fingerprint density at radius 3 is 2.65 bits per heavy atom. The number of guanidine groups is 1. The molecule has 0 aliphatic heterocycles. The number of aliphatic imine (C=N–C) groups is 1. The highest BCUT2D eigenvalue weighted by molar-refractivity contribution is 14.0. The van der Waals surface area contributed by atoms with Crippen molar-refractivity contribution in [3.05, 3.63) is 29.8 Å². The van der Waals surface area contributed by atoms with Crippen LogP contribution >= 0.6 is 24.0 Å². The highest BCUT2D eigenvalue weighted by atomic mass is 127. The topological polar surface area (TPSA) is 45.7 Å². The fraction of sp³-hybridized carbons (Fsp3) is 0.611. The average Bonchev–Trinajstić information content (AvgIpc) is 3.33. The third-order valence-electron chi connectivity index (χ3n) is 3.74. The molecule has 0 atom stereocenters. The lowest BCUT2D eigenvalue weighted by atomic mass is 10.0. The van der Waals surface area contributed by atoms with Gasteiger partial charge in [-0.2, -0.15) is 0 Å². The van der Waals surface area contributed by atoms with Crippen molar-refractivity contribution in [3.63, 3.8) is 0 Å². The molecule has 4 nitrogen and oxygen atoms in total. The number of ether oxygens (including phenoxy) is 1. The molecule has 2 N–H and O–H groups in total. The second-order valence-corrected chi connectivity index (χ2v) is 6.13. The highest BCUT2D eigenvalue weighted by Crippen LogP contribution is 2.28. The summed E-state index contributed by atoms with van der Waals surface area (Å²) < 4.78 is 5.92. The molecule has 1 aromatic carbocycles. The van der Waals surface area contributed by atoms with Gasteiger partial charge in [0.05, 0.1) is 6.54 Å². The summed E-state index contributed by atoms with van der Waals surface area (Å²) in [4.78, 5) is 4.60. The first-order valence-electron chi connectivity index (χ1n) is 8.44. The van der Waals surface area contributed by atoms with E-state index < -0.39 is 0 Å². The first kappa shape index (κ1) is 20.1. The predicted molar refractivity (Wildman–Crippen MR) is 108 cm³/mol. The number of nitrogens with one attached hydrogen (secondary N) is 2. The molecule has 0 bridgehead atoms. The molecule has 2 rings (SSSR count). The zero-order chi connectivity index (χ0) is 15.8. The van der Waals surface area contributed by atoms with Crippen LogP contribution in [0, 0.1) is 5.92 Å². The molecule has 0 heterocycles. The standard InChI is InChI=1S/C18H29N3O.HI/c1-4-19-18(21-13-15-9-10-15)20-11-12-22-17-8-6-5-7-16(17)14(2)3;/h5-8,14-15H,4,9-13H2,1-3H3,(H2,19,20,21);1H. The Bertz CT molecular complexity index is 487. The van der Waals surface area contributed by atoms with Crippen LogP contribution in [0.2, 0.25) is 0 Å². The maximum atomic E-state index is 5.92. The molecule has 1 aromatic rings. The summed E-state index contributed by atoms with van der Waals surface area (Å²) in [5.74, 6) is 3.17. The van der Waals surface area contributed by atoms with Crippen LogP contribution in [-0.4, -0.2) is 32.2 Å². The van der Waals surface area contributed by atoms with Crippen LogP contribution in [-0.2, 0) is 0 Å². The van der Waals surface area contributed by atoms with E-state index in [1.54, 1.807) is 0 Å². The van der Waals surface area contributed by atoms with E-state index in [2.05, 4.69) is 48.5 Å². The first-order chi connectivity index (χ1) is 10.7. The predicted octanol–water partition coefficient (Wildman–Crippen LogP) is 3.77. The number of halogens is 1. The Kier molecular flexibility index (Phi) is 9.36. The Morgan fingerprint density at radius 2 is 2.00 bits per heavy atom. The molecule has 1 aliphatic carbocycles. The summed E-state index contributed by atoms with van der Waals surface area (Å²) >= 11 is 0. The van der Waals surface area contributed by atoms with Gasteiger partial charge in [0.15, 0.2) is 5.96 Å². The second-order valence-electron chi connectivity index (χ2n) is 6.13. The minimum absolute atomic E-state index is 0. The summed E-state index contributed by atoms with van der Waals surface area (Å²) in [7, 11) is 0. The number of rotatable bonds is 8. The highest BCUT2D eigenvalue weighted by Gasteiger charge is 2.20. The third-order valence-corrected chi connectivity index (χ3v) is 3.74. The Labute approximate surface area is 157 Å². The molecule has 0 amide bonds. The molecule has 23 heavy (non-hydrogen) atoms. The number of hydrogen-bond donors (Lipinski definition) is 2. The number of para-hydroxylation sites is 1. The van der Waals surface area contributed by atoms with Gasteiger partial charge in [-0.1, -0.05) is 32.0 Å². The van der Waals surface area contributed by atoms with Gasteiger partial charge in [-0.3, -0.25) is 4.99 Å². The molecule has 1 saturated carbocycles. The van der Waals surface area contributed by atoms with E-state index >= 15 is 0 Å². The van der Waals surface area contributed by atoms with E-state index in [0.717, 1.165) is 37.3 Å². The lowest BCUT2D eigenvalue weighted by Crippen LogP contribution is -2.39. The molecule has 5 heteroatoms. The van der Waals surface area contributed by atoms with Gasteiger partial charge in [0, 0.05) is 13.1 Å². The Balaban J connectivity index is 0.00000264. The lowest BCUT2D eigenvalue weighted by molar-refractivity contribution is 0.317. The van der Waals surface area contributed by atoms with Gasteiger partial charge in [-0.25, -0.2) is 0 Å². The molecule has 0 saturated heterocycles. The van der Waals surface area contributed by atoms with Gasteiger partial charge in [0.2, 0.25) is 0 Å². The van der Waals surface area contributed by atoms with E-state index in [-0.39, 0.29) is 24.0 Å². The van der Waals surface area contributed by atoms with E-state index in [1.165, 1.54) is 18.4 Å². The van der Waals surface area contributed by atoms with Crippen molar-refractivity contribution in [1.29, 1.82) is 0 Å². The van der Waals surface area contributed by atoms with Gasteiger partial charge < -0.3 is 15.4 Å². The summed E-state index contributed by atoms with van der Waals surface area (Å²) in [6, 6.07) is 8.26. The van der Waals surface area contributed by atoms with Crippen LogP contribution in [0.5, 0.6) is 5.75 Å². The van der Waals surface area contributed by atoms with Crippen molar-refractivity contribution >= 4 is 29.9 Å². The summed E-state index contributed by atoms with van der Waals surface area (Å²) in [6.07, 6.45) is 2.66. The zero-order valence-corrected chi connectivity index (χ0v) is 16.8. The van der Waals surface area contributed by atoms with Crippen molar-refractivity contribution in [2.75, 3.05) is 26.2 Å². The summed E-state index contributed by atoms with van der Waals surface area (Å²) in [5, 5.41) is 6.61. The second kappa shape index (κ2) is 10.7. The van der Waals surface area contributed by atoms with Crippen LogP contribution < -0.4 is 15.4 Å². The molecule has 1 fully saturated rings. The van der Waals surface area contributed by atoms with Crippen LogP contribution in [0.4, 0.5) is 0 Å². The minimum Gasteiger partial charge on any atom is -0.491 e. The molecular weight excluding hydrogens is 401 g/mol. The summed E-state index contributed by atoms with van der Waals surface area (Å²) in [6.45, 7) is 9.67. The van der Waals surface area contributed by atoms with E-state index in [1.807, 2.05) is 12.1 Å². The van der Waals surface area contributed by atoms with Gasteiger partial charge in [0.1, 0.15) is 12.4 Å². The fourth-order valence-electron chi connectivity index (χ4n) is 2.28. The third kappa shape index (κ3) is 7.42. The molecule has 1 aliphatic rings. The maximum Gasteiger partial charge on any atom is 0.191 e. The SMILES string of the molecule is CCNC(=NCC1CC1)NCCOc1ccccc1C(C)C.I. The normalized spacial score (nSPS) is 14.3. The molecule has 0 radical (unpaired) electrons. The lowest BCUT2D eigenvalue weighted by Gasteiger charge is -2.15. The van der Waals surface area contributed by atoms with Crippen molar-refractivity contribution in [2.24, 2.45) is 10.9 Å². The number of benzene rings is 1. The fourth-order valence-corrected chi connectivity index (χ4v) is 2.28. The quantitative estimate of drug-likeness (QED) is 0.285. The van der Waals surface area contributed by atoms with Crippen LogP contribution in [0.3, 0.4) is 0 Å². The van der Waals surface area contributed by atoms with Crippen LogP contribution in [0.15, 0.2) is 29.3 Å². The van der Waals surface area contributed by atoms with E-state index in [9.17, 15) is 0 Å². The largest absolute Gasteiger partial charge is 0.491 e. The van der Waals surface area contributed by atoms with Gasteiger partial charge in [-0.05, 0) is 43.2 Å². The summed E-state index contributed by atoms with van der Waals surface area (Å²) in [5.41, 5.74) is 1.26. The van der Waals surface area contributed by atoms with Crippen LogP contribution in [0.1, 0.15) is 45.1 Å². The molecular formula is C18H30IN3O. The van der Waals surface area contributed by atoms with Gasteiger partial charge in [-0.15, -0.1) is 24.0 Å². The van der Waals surface area contributed by atoms with Crippen molar-refractivity contribution in [3.8, 4) is 5.75 Å². The van der Waals surface area contributed by atoms with Gasteiger partial charge >= 0.3 is 0 Å². The Morgan fingerprint density at radius 1 is 1.26 bits per heavy atom. The van der Waals surface area contributed by atoms with Crippen LogP contribution in [0.25, 0.3) is 0 Å². The van der Waals surface area contributed by atoms with Crippen molar-refractivity contribution < 1.29 is 4.74 Å². The van der Waals surface area contributed by atoms with E-state index in [4.69, 9.17) is 4.74 Å². The smallest absolute Gasteiger partial charge is 0.191 e. The van der Waals surface area contributed by atoms with E-state index in [0.29, 0.717) is 12.5 Å². The van der Waals surface area contributed by atoms with Crippen molar-refractivity contribution in [1.82, 2.24) is 10.6 Å².